The molecule has 4 nitrogen and oxygen atoms in total. The molecule has 1 fully saturated rings. The van der Waals surface area contributed by atoms with E-state index in [9.17, 15) is 9.18 Å². The monoisotopic (exact) mass is 261 g/mol. The Bertz CT molecular complexity index is 589. The Balaban J connectivity index is 2.10. The number of terminal acetylenes is 1. The first-order chi connectivity index (χ1) is 8.69. The molecule has 0 bridgehead atoms. The second kappa shape index (κ2) is 5.47. The molecule has 1 N–H and O–H groups in total. The zero-order valence-corrected chi connectivity index (χ0v) is 10.00. The van der Waals surface area contributed by atoms with Crippen LogP contribution in [0.15, 0.2) is 28.4 Å². The van der Waals surface area contributed by atoms with E-state index in [-0.39, 0.29) is 11.5 Å². The molecule has 1 amide bonds. The number of amides is 1. The van der Waals surface area contributed by atoms with E-state index in [1.807, 2.05) is 0 Å². The second-order valence-corrected chi connectivity index (χ2v) is 4.33. The first-order valence-corrected chi connectivity index (χ1v) is 5.97. The molecule has 0 unspecified atom stereocenters. The van der Waals surface area contributed by atoms with Gasteiger partial charge in [-0.05, 0) is 18.2 Å². The lowest BCUT2D eigenvalue weighted by Crippen LogP contribution is -2.19. The normalized spacial score (nSPS) is 17.1. The van der Waals surface area contributed by atoms with Crippen molar-refractivity contribution in [2.24, 2.45) is 10.2 Å². The minimum absolute atomic E-state index is 0.112. The largest absolute Gasteiger partial charge is 0.303 e. The van der Waals surface area contributed by atoms with Crippen LogP contribution in [0.5, 0.6) is 0 Å². The minimum atomic E-state index is -0.461. The van der Waals surface area contributed by atoms with Gasteiger partial charge < -0.3 is 5.32 Å². The van der Waals surface area contributed by atoms with Gasteiger partial charge in [0.2, 0.25) is 5.91 Å². The van der Waals surface area contributed by atoms with E-state index in [2.05, 4.69) is 21.4 Å². The van der Waals surface area contributed by atoms with Gasteiger partial charge >= 0.3 is 0 Å². The van der Waals surface area contributed by atoms with Gasteiger partial charge in [0.05, 0.1) is 12.0 Å². The van der Waals surface area contributed by atoms with Crippen molar-refractivity contribution >= 4 is 29.1 Å². The summed E-state index contributed by atoms with van der Waals surface area (Å²) in [6.07, 6.45) is 6.42. The fraction of sp³-hybridized carbons (Fsp3) is 0.0833. The summed E-state index contributed by atoms with van der Waals surface area (Å²) < 4.78 is 13.5. The Morgan fingerprint density at radius 1 is 1.56 bits per heavy atom. The Morgan fingerprint density at radius 2 is 2.39 bits per heavy atom. The molecular formula is C12H8FN3OS. The topological polar surface area (TPSA) is 53.8 Å². The number of hydrogen-bond donors (Lipinski definition) is 1. The molecule has 1 heterocycles. The van der Waals surface area contributed by atoms with Crippen LogP contribution in [-0.2, 0) is 4.79 Å². The molecule has 0 saturated carbocycles. The summed E-state index contributed by atoms with van der Waals surface area (Å²) in [4.78, 5) is 10.9. The van der Waals surface area contributed by atoms with E-state index in [1.165, 1.54) is 30.1 Å². The number of carbonyl (C=O) groups is 1. The van der Waals surface area contributed by atoms with E-state index in [0.717, 1.165) is 0 Å². The number of nitrogens with one attached hydrogen (secondary N) is 1. The van der Waals surface area contributed by atoms with Crippen LogP contribution in [0, 0.1) is 18.2 Å². The third-order valence-electron chi connectivity index (χ3n) is 2.10. The molecule has 1 aromatic rings. The van der Waals surface area contributed by atoms with Crippen molar-refractivity contribution in [1.29, 1.82) is 0 Å². The van der Waals surface area contributed by atoms with Crippen molar-refractivity contribution in [1.82, 2.24) is 5.32 Å². The van der Waals surface area contributed by atoms with Crippen LogP contribution in [0.4, 0.5) is 4.39 Å². The molecule has 6 heteroatoms. The van der Waals surface area contributed by atoms with Gasteiger partial charge in [0.1, 0.15) is 5.82 Å². The summed E-state index contributed by atoms with van der Waals surface area (Å²) in [6, 6.07) is 4.39. The molecular weight excluding hydrogens is 253 g/mol. The van der Waals surface area contributed by atoms with Gasteiger partial charge in [-0.15, -0.1) is 11.5 Å². The third-order valence-corrected chi connectivity index (χ3v) is 2.96. The number of amidine groups is 1. The lowest BCUT2D eigenvalue weighted by Gasteiger charge is -1.96. The zero-order valence-electron chi connectivity index (χ0n) is 9.18. The second-order valence-electron chi connectivity index (χ2n) is 3.37. The molecule has 1 saturated heterocycles. The Labute approximate surface area is 107 Å². The predicted molar refractivity (Wildman–Crippen MR) is 70.0 cm³/mol. The van der Waals surface area contributed by atoms with Crippen LogP contribution in [0.1, 0.15) is 11.1 Å². The molecule has 1 aromatic carbocycles. The van der Waals surface area contributed by atoms with Gasteiger partial charge in [0.15, 0.2) is 5.17 Å². The van der Waals surface area contributed by atoms with Gasteiger partial charge in [0.25, 0.3) is 0 Å². The Morgan fingerprint density at radius 3 is 3.00 bits per heavy atom. The van der Waals surface area contributed by atoms with Crippen LogP contribution < -0.4 is 5.32 Å². The fourth-order valence-corrected chi connectivity index (χ4v) is 1.88. The van der Waals surface area contributed by atoms with Crippen LogP contribution in [0.2, 0.25) is 0 Å². The number of halogens is 1. The van der Waals surface area contributed by atoms with Gasteiger partial charge in [-0.1, -0.05) is 17.7 Å². The highest BCUT2D eigenvalue weighted by Crippen LogP contribution is 2.10. The van der Waals surface area contributed by atoms with E-state index in [1.54, 1.807) is 6.07 Å². The quantitative estimate of drug-likeness (QED) is 0.496. The number of thioether (sulfide) groups is 1. The van der Waals surface area contributed by atoms with Gasteiger partial charge in [-0.25, -0.2) is 4.39 Å². The molecule has 18 heavy (non-hydrogen) atoms. The van der Waals surface area contributed by atoms with Crippen molar-refractivity contribution in [3.63, 3.8) is 0 Å². The van der Waals surface area contributed by atoms with E-state index in [4.69, 9.17) is 6.42 Å². The maximum absolute atomic E-state index is 13.5. The van der Waals surface area contributed by atoms with Crippen molar-refractivity contribution in [3.8, 4) is 12.3 Å². The Kier molecular flexibility index (Phi) is 3.75. The average molecular weight is 261 g/mol. The highest BCUT2D eigenvalue weighted by Gasteiger charge is 2.15. The average Bonchev–Trinajstić information content (AvgIpc) is 2.77. The summed E-state index contributed by atoms with van der Waals surface area (Å²) in [7, 11) is 0. The van der Waals surface area contributed by atoms with Gasteiger partial charge in [-0.3, -0.25) is 4.79 Å². The number of hydrogen-bond acceptors (Lipinski definition) is 4. The van der Waals surface area contributed by atoms with Crippen LogP contribution in [0.25, 0.3) is 0 Å². The number of nitrogens with zero attached hydrogens (tertiary/aromatic N) is 2. The molecule has 0 aliphatic carbocycles. The molecule has 1 aliphatic rings. The molecule has 1 aliphatic heterocycles. The molecule has 0 atom stereocenters. The lowest BCUT2D eigenvalue weighted by molar-refractivity contribution is -0.116. The van der Waals surface area contributed by atoms with Crippen molar-refractivity contribution in [3.05, 3.63) is 35.1 Å². The summed E-state index contributed by atoms with van der Waals surface area (Å²) in [5.74, 6) is 2.10. The standard InChI is InChI=1S/C12H8FN3OS/c1-2-8-3-4-9(10(13)5-8)6-14-16-12-15-11(17)7-18-12/h1,3-6H,7H2,(H,15,16,17). The maximum atomic E-state index is 13.5. The highest BCUT2D eigenvalue weighted by molar-refractivity contribution is 8.15. The van der Waals surface area contributed by atoms with Crippen LogP contribution in [0.3, 0.4) is 0 Å². The van der Waals surface area contributed by atoms with Crippen molar-refractivity contribution in [2.45, 2.75) is 0 Å². The van der Waals surface area contributed by atoms with E-state index in [0.29, 0.717) is 16.5 Å². The number of benzene rings is 1. The molecule has 0 spiro atoms. The third kappa shape index (κ3) is 2.96. The predicted octanol–water partition coefficient (Wildman–Crippen LogP) is 1.36. The SMILES string of the molecule is C#Cc1ccc(C=NN=C2NC(=O)CS2)c(F)c1. The first-order valence-electron chi connectivity index (χ1n) is 4.99. The molecule has 90 valence electrons. The smallest absolute Gasteiger partial charge is 0.236 e. The van der Waals surface area contributed by atoms with Crippen molar-refractivity contribution in [2.75, 3.05) is 5.75 Å². The van der Waals surface area contributed by atoms with Crippen LogP contribution >= 0.6 is 11.8 Å². The van der Waals surface area contributed by atoms with Gasteiger partial charge in [-0.2, -0.15) is 5.10 Å². The maximum Gasteiger partial charge on any atom is 0.236 e. The Hall–Kier alpha value is -2.13. The summed E-state index contributed by atoms with van der Waals surface area (Å²) in [5, 5.41) is 10.4. The summed E-state index contributed by atoms with van der Waals surface area (Å²) >= 11 is 1.25. The molecule has 0 aromatic heterocycles. The summed E-state index contributed by atoms with van der Waals surface area (Å²) in [6.45, 7) is 0. The number of rotatable bonds is 2. The first kappa shape index (κ1) is 12.3. The van der Waals surface area contributed by atoms with Crippen molar-refractivity contribution < 1.29 is 9.18 Å². The van der Waals surface area contributed by atoms with Crippen LogP contribution in [-0.4, -0.2) is 23.0 Å². The lowest BCUT2D eigenvalue weighted by atomic mass is 10.1. The minimum Gasteiger partial charge on any atom is -0.303 e. The van der Waals surface area contributed by atoms with E-state index >= 15 is 0 Å². The van der Waals surface area contributed by atoms with E-state index < -0.39 is 5.82 Å². The highest BCUT2D eigenvalue weighted by atomic mass is 32.2. The summed E-state index contributed by atoms with van der Waals surface area (Å²) in [5.41, 5.74) is 0.752. The zero-order chi connectivity index (χ0) is 13.0. The fourth-order valence-electron chi connectivity index (χ4n) is 1.24. The molecule has 2 rings (SSSR count). The van der Waals surface area contributed by atoms with Gasteiger partial charge in [0, 0.05) is 11.1 Å². The molecule has 0 radical (unpaired) electrons. The number of carbonyl (C=O) groups excluding carboxylic acids is 1.